The van der Waals surface area contributed by atoms with Gasteiger partial charge in [-0.15, -0.1) is 0 Å². The molecule has 0 aromatic carbocycles. The van der Waals surface area contributed by atoms with Gasteiger partial charge in [0.05, 0.1) is 12.5 Å². The van der Waals surface area contributed by atoms with Gasteiger partial charge in [0, 0.05) is 5.69 Å². The van der Waals surface area contributed by atoms with E-state index in [0.29, 0.717) is 18.0 Å². The second kappa shape index (κ2) is 5.64. The Kier molecular flexibility index (Phi) is 4.14. The van der Waals surface area contributed by atoms with Gasteiger partial charge in [-0.05, 0) is 18.4 Å². The number of nitrogens with one attached hydrogen (secondary N) is 1. The summed E-state index contributed by atoms with van der Waals surface area (Å²) in [6.07, 6.45) is 2.81. The summed E-state index contributed by atoms with van der Waals surface area (Å²) in [4.78, 5) is 25.9. The molecule has 1 saturated carbocycles. The predicted octanol–water partition coefficient (Wildman–Crippen LogP) is 1.24. The van der Waals surface area contributed by atoms with Crippen LogP contribution >= 0.6 is 12.2 Å². The van der Waals surface area contributed by atoms with Crippen LogP contribution in [0.1, 0.15) is 30.9 Å². The third-order valence-corrected chi connectivity index (χ3v) is 3.67. The van der Waals surface area contributed by atoms with Gasteiger partial charge in [0.1, 0.15) is 11.3 Å². The summed E-state index contributed by atoms with van der Waals surface area (Å²) in [5, 5.41) is 0. The summed E-state index contributed by atoms with van der Waals surface area (Å²) in [6, 6.07) is 1.53. The zero-order chi connectivity index (χ0) is 14.0. The van der Waals surface area contributed by atoms with Crippen LogP contribution in [0.15, 0.2) is 10.9 Å². The number of nitrogens with zero attached hydrogens (tertiary/aromatic N) is 1. The van der Waals surface area contributed by atoms with Crippen molar-refractivity contribution in [2.75, 3.05) is 6.67 Å². The molecule has 1 aromatic rings. The molecule has 104 valence electrons. The van der Waals surface area contributed by atoms with Crippen molar-refractivity contribution in [1.29, 1.82) is 0 Å². The highest BCUT2D eigenvalue weighted by atomic mass is 32.1. The van der Waals surface area contributed by atoms with Crippen LogP contribution in [-0.4, -0.2) is 22.1 Å². The van der Waals surface area contributed by atoms with Crippen LogP contribution in [0.25, 0.3) is 0 Å². The molecule has 0 spiro atoms. The van der Waals surface area contributed by atoms with Crippen LogP contribution in [0, 0.1) is 10.6 Å². The highest BCUT2D eigenvalue weighted by Crippen LogP contribution is 2.37. The Morgan fingerprint density at radius 2 is 2.32 bits per heavy atom. The van der Waals surface area contributed by atoms with Gasteiger partial charge in [-0.25, -0.2) is 9.18 Å². The summed E-state index contributed by atoms with van der Waals surface area (Å²) >= 11 is 5.05. The number of amides is 1. The number of halogens is 1. The Labute approximate surface area is 114 Å². The molecule has 1 heterocycles. The van der Waals surface area contributed by atoms with Crippen molar-refractivity contribution in [3.8, 4) is 0 Å². The lowest BCUT2D eigenvalue weighted by Gasteiger charge is -2.14. The van der Waals surface area contributed by atoms with Crippen LogP contribution in [0.2, 0.25) is 0 Å². The van der Waals surface area contributed by atoms with Gasteiger partial charge < -0.3 is 10.7 Å². The quantitative estimate of drug-likeness (QED) is 0.772. The molecule has 2 rings (SSSR count). The number of alkyl halides is 1. The summed E-state index contributed by atoms with van der Waals surface area (Å²) < 4.78 is 13.7. The van der Waals surface area contributed by atoms with Gasteiger partial charge in [-0.1, -0.05) is 25.1 Å². The molecule has 1 aromatic heterocycles. The van der Waals surface area contributed by atoms with E-state index in [1.807, 2.05) is 0 Å². The number of carbonyl (C=O) groups excluding carboxylic acids is 1. The number of carbonyl (C=O) groups is 1. The van der Waals surface area contributed by atoms with E-state index in [4.69, 9.17) is 18.0 Å². The van der Waals surface area contributed by atoms with Crippen LogP contribution in [-0.2, 0) is 11.3 Å². The van der Waals surface area contributed by atoms with Gasteiger partial charge in [0.2, 0.25) is 5.91 Å². The van der Waals surface area contributed by atoms with Crippen LogP contribution in [0.5, 0.6) is 0 Å². The summed E-state index contributed by atoms with van der Waals surface area (Å²) in [5.74, 6) is -0.505. The molecule has 5 nitrogen and oxygen atoms in total. The van der Waals surface area contributed by atoms with Crippen molar-refractivity contribution in [2.24, 2.45) is 11.7 Å². The highest BCUT2D eigenvalue weighted by molar-refractivity contribution is 7.71. The zero-order valence-electron chi connectivity index (χ0n) is 10.4. The molecule has 7 heteroatoms. The topological polar surface area (TPSA) is 80.9 Å². The SMILES string of the molecule is NC(=O)C(CC1CC1)c1cc(=S)n(CCF)c(=O)[nH]1. The van der Waals surface area contributed by atoms with Gasteiger partial charge in [0.15, 0.2) is 0 Å². The molecular formula is C12H16FN3O2S. The number of aromatic nitrogens is 2. The molecule has 1 fully saturated rings. The second-order valence-electron chi connectivity index (χ2n) is 4.84. The average molecular weight is 285 g/mol. The smallest absolute Gasteiger partial charge is 0.326 e. The van der Waals surface area contributed by atoms with E-state index in [1.165, 1.54) is 6.07 Å². The minimum absolute atomic E-state index is 0.0850. The molecule has 1 aliphatic rings. The molecule has 1 atom stereocenters. The Balaban J connectivity index is 2.35. The standard InChI is InChI=1S/C12H16FN3O2S/c13-3-4-16-10(19)6-9(15-12(16)18)8(11(14)17)5-7-1-2-7/h6-8H,1-5H2,(H2,14,17)(H,15,18). The van der Waals surface area contributed by atoms with Gasteiger partial charge in [-0.3, -0.25) is 9.36 Å². The first kappa shape index (κ1) is 13.9. The van der Waals surface area contributed by atoms with E-state index in [-0.39, 0.29) is 11.2 Å². The first-order valence-corrected chi connectivity index (χ1v) is 6.63. The lowest BCUT2D eigenvalue weighted by atomic mass is 9.97. The van der Waals surface area contributed by atoms with Crippen LogP contribution in [0.4, 0.5) is 4.39 Å². The van der Waals surface area contributed by atoms with Crippen LogP contribution < -0.4 is 11.4 Å². The molecule has 1 amide bonds. The largest absolute Gasteiger partial charge is 0.369 e. The van der Waals surface area contributed by atoms with E-state index < -0.39 is 24.2 Å². The van der Waals surface area contributed by atoms with E-state index in [1.54, 1.807) is 0 Å². The number of primary amides is 1. The molecule has 0 aliphatic heterocycles. The first-order valence-electron chi connectivity index (χ1n) is 6.22. The number of hydrogen-bond acceptors (Lipinski definition) is 3. The normalized spacial score (nSPS) is 16.3. The van der Waals surface area contributed by atoms with Gasteiger partial charge in [0.25, 0.3) is 0 Å². The summed E-state index contributed by atoms with van der Waals surface area (Å²) in [5.41, 5.74) is 5.32. The minimum atomic E-state index is -0.669. The van der Waals surface area contributed by atoms with Crippen molar-refractivity contribution >= 4 is 18.1 Å². The van der Waals surface area contributed by atoms with E-state index in [2.05, 4.69) is 4.98 Å². The summed E-state index contributed by atoms with van der Waals surface area (Å²) in [6.45, 7) is -0.754. The lowest BCUT2D eigenvalue weighted by molar-refractivity contribution is -0.119. The minimum Gasteiger partial charge on any atom is -0.369 e. The Hall–Kier alpha value is -1.50. The van der Waals surface area contributed by atoms with Crippen molar-refractivity contribution < 1.29 is 9.18 Å². The molecular weight excluding hydrogens is 269 g/mol. The number of H-pyrrole nitrogens is 1. The third kappa shape index (κ3) is 3.28. The summed E-state index contributed by atoms with van der Waals surface area (Å²) in [7, 11) is 0. The molecule has 0 radical (unpaired) electrons. The maximum absolute atomic E-state index is 12.3. The van der Waals surface area contributed by atoms with Gasteiger partial charge >= 0.3 is 5.69 Å². The monoisotopic (exact) mass is 285 g/mol. The van der Waals surface area contributed by atoms with E-state index in [9.17, 15) is 14.0 Å². The maximum atomic E-state index is 12.3. The van der Waals surface area contributed by atoms with E-state index >= 15 is 0 Å². The fourth-order valence-corrected chi connectivity index (χ4v) is 2.41. The Morgan fingerprint density at radius 1 is 1.63 bits per heavy atom. The molecule has 0 saturated heterocycles. The van der Waals surface area contributed by atoms with Crippen molar-refractivity contribution in [3.05, 3.63) is 26.9 Å². The van der Waals surface area contributed by atoms with Crippen molar-refractivity contribution in [1.82, 2.24) is 9.55 Å². The average Bonchev–Trinajstić information content (AvgIpc) is 3.14. The molecule has 3 N–H and O–H groups in total. The third-order valence-electron chi connectivity index (χ3n) is 3.33. The molecule has 0 bridgehead atoms. The van der Waals surface area contributed by atoms with Crippen molar-refractivity contribution in [2.45, 2.75) is 31.7 Å². The maximum Gasteiger partial charge on any atom is 0.326 e. The fourth-order valence-electron chi connectivity index (χ4n) is 2.11. The molecule has 19 heavy (non-hydrogen) atoms. The number of aromatic amines is 1. The number of hydrogen-bond donors (Lipinski definition) is 2. The Morgan fingerprint density at radius 3 is 2.79 bits per heavy atom. The Bertz CT molecular complexity index is 560. The zero-order valence-corrected chi connectivity index (χ0v) is 11.2. The van der Waals surface area contributed by atoms with Gasteiger partial charge in [-0.2, -0.15) is 0 Å². The highest BCUT2D eigenvalue weighted by Gasteiger charge is 2.30. The fraction of sp³-hybridized carbons (Fsp3) is 0.583. The van der Waals surface area contributed by atoms with Crippen LogP contribution in [0.3, 0.4) is 0 Å². The van der Waals surface area contributed by atoms with E-state index in [0.717, 1.165) is 17.4 Å². The van der Waals surface area contributed by atoms with Crippen molar-refractivity contribution in [3.63, 3.8) is 0 Å². The number of rotatable bonds is 6. The second-order valence-corrected chi connectivity index (χ2v) is 5.26. The molecule has 1 unspecified atom stereocenters. The first-order chi connectivity index (χ1) is 9.02. The predicted molar refractivity (Wildman–Crippen MR) is 71.1 cm³/mol. The lowest BCUT2D eigenvalue weighted by Crippen LogP contribution is -2.30. The number of nitrogens with two attached hydrogens (primary N) is 1. The molecule has 1 aliphatic carbocycles.